The lowest BCUT2D eigenvalue weighted by Gasteiger charge is -2.12. The van der Waals surface area contributed by atoms with Crippen molar-refractivity contribution in [2.75, 3.05) is 20.3 Å². The maximum atomic E-state index is 12.9. The quantitative estimate of drug-likeness (QED) is 0.0401. The van der Waals surface area contributed by atoms with Gasteiger partial charge in [0.1, 0.15) is 17.2 Å². The fourth-order valence-electron chi connectivity index (χ4n) is 4.04. The van der Waals surface area contributed by atoms with Gasteiger partial charge in [-0.05, 0) is 108 Å². The monoisotopic (exact) mass is 584 g/mol. The summed E-state index contributed by atoms with van der Waals surface area (Å²) >= 11 is 0. The van der Waals surface area contributed by atoms with Gasteiger partial charge in [-0.15, -0.1) is 0 Å². The van der Waals surface area contributed by atoms with E-state index in [0.29, 0.717) is 60.0 Å². The summed E-state index contributed by atoms with van der Waals surface area (Å²) in [5.41, 5.74) is 1.58. The molecule has 0 amide bonds. The number of rotatable bonds is 14. The Hall–Kier alpha value is -5.15. The average Bonchev–Trinajstić information content (AvgIpc) is 3.04. The number of hydrogen-bond acceptors (Lipinski definition) is 9. The first kappa shape index (κ1) is 30.8. The minimum absolute atomic E-state index is 0.282. The molecule has 0 N–H and O–H groups in total. The second-order valence-electron chi connectivity index (χ2n) is 9.34. The fourth-order valence-corrected chi connectivity index (χ4v) is 4.04. The van der Waals surface area contributed by atoms with Crippen LogP contribution in [0.25, 0.3) is 10.8 Å². The third-order valence-corrected chi connectivity index (χ3v) is 6.39. The van der Waals surface area contributed by atoms with E-state index in [2.05, 4.69) is 6.58 Å². The molecule has 0 aliphatic rings. The molecule has 4 rings (SSSR count). The molecule has 0 atom stereocenters. The highest BCUT2D eigenvalue weighted by Crippen LogP contribution is 2.30. The molecule has 0 radical (unpaired) electrons. The van der Waals surface area contributed by atoms with Gasteiger partial charge in [0.15, 0.2) is 5.75 Å². The van der Waals surface area contributed by atoms with Crippen LogP contribution in [0.5, 0.6) is 23.0 Å². The van der Waals surface area contributed by atoms with Crippen LogP contribution >= 0.6 is 0 Å². The van der Waals surface area contributed by atoms with Crippen molar-refractivity contribution < 1.29 is 43.1 Å². The van der Waals surface area contributed by atoms with Gasteiger partial charge >= 0.3 is 17.9 Å². The van der Waals surface area contributed by atoms with Gasteiger partial charge in [-0.1, -0.05) is 19.6 Å². The maximum absolute atomic E-state index is 12.9. The summed E-state index contributed by atoms with van der Waals surface area (Å²) in [5.74, 6) is 0.485. The number of fused-ring (bicyclic) bond motifs is 1. The average molecular weight is 585 g/mol. The Bertz CT molecular complexity index is 1570. The van der Waals surface area contributed by atoms with Gasteiger partial charge in [-0.2, -0.15) is 4.89 Å². The van der Waals surface area contributed by atoms with E-state index in [1.165, 1.54) is 0 Å². The Morgan fingerprint density at radius 2 is 1.35 bits per heavy atom. The van der Waals surface area contributed by atoms with Crippen LogP contribution in [0.15, 0.2) is 91.5 Å². The van der Waals surface area contributed by atoms with Crippen LogP contribution in [0.1, 0.15) is 46.0 Å². The molecule has 0 aliphatic carbocycles. The molecule has 0 aromatic heterocycles. The Morgan fingerprint density at radius 1 is 0.721 bits per heavy atom. The number of methoxy groups -OCH3 is 1. The molecule has 4 aromatic rings. The highest BCUT2D eigenvalue weighted by Gasteiger charge is 2.15. The van der Waals surface area contributed by atoms with Crippen molar-refractivity contribution in [3.63, 3.8) is 0 Å². The van der Waals surface area contributed by atoms with Crippen LogP contribution in [0.3, 0.4) is 0 Å². The first-order valence-corrected chi connectivity index (χ1v) is 13.7. The summed E-state index contributed by atoms with van der Waals surface area (Å²) in [6, 6.07) is 22.1. The van der Waals surface area contributed by atoms with Crippen molar-refractivity contribution in [3.05, 3.63) is 108 Å². The number of esters is 3. The molecule has 9 heteroatoms. The van der Waals surface area contributed by atoms with Gasteiger partial charge < -0.3 is 23.8 Å². The lowest BCUT2D eigenvalue weighted by Crippen LogP contribution is -2.10. The molecular weight excluding hydrogens is 552 g/mol. The standard InChI is InChI=1S/C34H32O9/c1-4-23-20-27-21-30(41-33(36)24-8-13-28(38-3)14-9-24)17-12-26(27)22-31(23)42-34(37)25-10-15-29(16-11-25)43-40-19-7-6-18-39-32(35)5-2/h5,8-17,20-22H,2,4,6-7,18-19H2,1,3H3. The molecule has 0 heterocycles. The number of carbonyl (C=O) groups is 3. The third kappa shape index (κ3) is 8.67. The summed E-state index contributed by atoms with van der Waals surface area (Å²) < 4.78 is 21.3. The lowest BCUT2D eigenvalue weighted by molar-refractivity contribution is -0.207. The summed E-state index contributed by atoms with van der Waals surface area (Å²) in [6.45, 7) is 5.89. The van der Waals surface area contributed by atoms with Crippen molar-refractivity contribution in [2.45, 2.75) is 26.2 Å². The Morgan fingerprint density at radius 3 is 2.00 bits per heavy atom. The topological polar surface area (TPSA) is 107 Å². The van der Waals surface area contributed by atoms with Crippen LogP contribution in [0.2, 0.25) is 0 Å². The van der Waals surface area contributed by atoms with E-state index in [4.69, 9.17) is 28.7 Å². The predicted octanol–water partition coefficient (Wildman–Crippen LogP) is 6.67. The molecule has 0 saturated heterocycles. The van der Waals surface area contributed by atoms with E-state index in [0.717, 1.165) is 22.4 Å². The van der Waals surface area contributed by atoms with Crippen molar-refractivity contribution in [1.82, 2.24) is 0 Å². The van der Waals surface area contributed by atoms with Crippen LogP contribution in [0.4, 0.5) is 0 Å². The SMILES string of the molecule is C=CC(=O)OCCCCOOc1ccc(C(=O)Oc2cc3ccc(OC(=O)c4ccc(OC)cc4)cc3cc2CC)cc1. The summed E-state index contributed by atoms with van der Waals surface area (Å²) in [4.78, 5) is 46.9. The number of benzene rings is 4. The highest BCUT2D eigenvalue weighted by molar-refractivity contribution is 5.94. The number of aryl methyl sites for hydroxylation is 1. The third-order valence-electron chi connectivity index (χ3n) is 6.39. The van der Waals surface area contributed by atoms with E-state index in [-0.39, 0.29) is 6.61 Å². The van der Waals surface area contributed by atoms with E-state index in [9.17, 15) is 14.4 Å². The van der Waals surface area contributed by atoms with Crippen LogP contribution in [-0.4, -0.2) is 38.2 Å². The molecule has 0 spiro atoms. The molecule has 0 saturated carbocycles. The first-order valence-electron chi connectivity index (χ1n) is 13.7. The molecule has 43 heavy (non-hydrogen) atoms. The van der Waals surface area contributed by atoms with Gasteiger partial charge in [0.05, 0.1) is 31.5 Å². The van der Waals surface area contributed by atoms with E-state index < -0.39 is 17.9 Å². The molecule has 4 aromatic carbocycles. The zero-order valence-electron chi connectivity index (χ0n) is 24.0. The molecule has 9 nitrogen and oxygen atoms in total. The van der Waals surface area contributed by atoms with Crippen LogP contribution < -0.4 is 19.1 Å². The molecular formula is C34H32O9. The van der Waals surface area contributed by atoms with E-state index >= 15 is 0 Å². The minimum Gasteiger partial charge on any atom is -0.497 e. The summed E-state index contributed by atoms with van der Waals surface area (Å²) in [5, 5.41) is 1.67. The largest absolute Gasteiger partial charge is 0.497 e. The minimum atomic E-state index is -0.513. The normalized spacial score (nSPS) is 10.6. The van der Waals surface area contributed by atoms with Gasteiger partial charge in [0.2, 0.25) is 0 Å². The highest BCUT2D eigenvalue weighted by atomic mass is 17.2. The number of hydrogen-bond donors (Lipinski definition) is 0. The van der Waals surface area contributed by atoms with E-state index in [1.807, 2.05) is 19.1 Å². The van der Waals surface area contributed by atoms with Gasteiger partial charge in [-0.3, -0.25) is 0 Å². The van der Waals surface area contributed by atoms with Crippen LogP contribution in [-0.2, 0) is 20.8 Å². The van der Waals surface area contributed by atoms with Gasteiger partial charge in [0, 0.05) is 6.08 Å². The second kappa shape index (κ2) is 15.2. The number of carbonyl (C=O) groups excluding carboxylic acids is 3. The van der Waals surface area contributed by atoms with Gasteiger partial charge in [-0.25, -0.2) is 14.4 Å². The van der Waals surface area contributed by atoms with Crippen molar-refractivity contribution >= 4 is 28.7 Å². The molecule has 222 valence electrons. The zero-order valence-corrected chi connectivity index (χ0v) is 24.0. The van der Waals surface area contributed by atoms with Crippen molar-refractivity contribution in [3.8, 4) is 23.0 Å². The van der Waals surface area contributed by atoms with Crippen molar-refractivity contribution in [2.24, 2.45) is 0 Å². The Kier molecular flexibility index (Phi) is 10.9. The zero-order chi connectivity index (χ0) is 30.6. The van der Waals surface area contributed by atoms with E-state index in [1.54, 1.807) is 73.8 Å². The predicted molar refractivity (Wildman–Crippen MR) is 160 cm³/mol. The summed E-state index contributed by atoms with van der Waals surface area (Å²) in [6.07, 6.45) is 3.00. The van der Waals surface area contributed by atoms with Crippen LogP contribution in [0, 0.1) is 0 Å². The molecule has 0 bridgehead atoms. The molecule has 0 aliphatic heterocycles. The number of unbranched alkanes of at least 4 members (excludes halogenated alkanes) is 1. The first-order chi connectivity index (χ1) is 20.9. The Labute approximate surface area is 249 Å². The second-order valence-corrected chi connectivity index (χ2v) is 9.34. The molecule has 0 fully saturated rings. The van der Waals surface area contributed by atoms with Crippen molar-refractivity contribution in [1.29, 1.82) is 0 Å². The fraction of sp³-hybridized carbons (Fsp3) is 0.206. The van der Waals surface area contributed by atoms with Gasteiger partial charge in [0.25, 0.3) is 0 Å². The summed E-state index contributed by atoms with van der Waals surface area (Å²) in [7, 11) is 1.56. The molecule has 0 unspecified atom stereocenters. The number of ether oxygens (including phenoxy) is 4. The smallest absolute Gasteiger partial charge is 0.343 e. The Balaban J connectivity index is 1.33. The lowest BCUT2D eigenvalue weighted by atomic mass is 10.0. The maximum Gasteiger partial charge on any atom is 0.343 e.